The maximum Gasteiger partial charge on any atom is 0.407 e. The molecule has 11 heteroatoms. The molecule has 0 aliphatic heterocycles. The third-order valence-corrected chi connectivity index (χ3v) is 9.29. The number of nitrogens with zero attached hydrogens (tertiary/aromatic N) is 4. The molecule has 1 fully saturated rings. The van der Waals surface area contributed by atoms with Crippen LogP contribution in [0.2, 0.25) is 0 Å². The monoisotopic (exact) mass is 581 g/mol. The van der Waals surface area contributed by atoms with Crippen molar-refractivity contribution in [2.75, 3.05) is 11.9 Å². The summed E-state index contributed by atoms with van der Waals surface area (Å²) in [5.74, 6) is 0. The van der Waals surface area contributed by atoms with Gasteiger partial charge in [0, 0.05) is 25.0 Å². The Kier molecular flexibility index (Phi) is 7.34. The van der Waals surface area contributed by atoms with Crippen molar-refractivity contribution in [1.29, 1.82) is 5.26 Å². The number of sulfonamides is 1. The topological polar surface area (TPSA) is 91.0 Å². The molecule has 0 unspecified atom stereocenters. The highest BCUT2D eigenvalue weighted by Crippen LogP contribution is 2.43. The lowest BCUT2D eigenvalue weighted by molar-refractivity contribution is -0.180. The van der Waals surface area contributed by atoms with Crippen LogP contribution in [0.4, 0.5) is 18.9 Å². The summed E-state index contributed by atoms with van der Waals surface area (Å²) in [5, 5.41) is 11.0. The number of alkyl halides is 3. The van der Waals surface area contributed by atoms with Crippen LogP contribution in [0.5, 0.6) is 0 Å². The van der Waals surface area contributed by atoms with Gasteiger partial charge in [-0.05, 0) is 62.4 Å². The maximum absolute atomic E-state index is 13.3. The van der Waals surface area contributed by atoms with Gasteiger partial charge in [0.15, 0.2) is 0 Å². The van der Waals surface area contributed by atoms with Crippen LogP contribution in [0.15, 0.2) is 71.8 Å². The summed E-state index contributed by atoms with van der Waals surface area (Å²) >= 11 is 0. The molecule has 0 atom stereocenters. The zero-order chi connectivity index (χ0) is 29.6. The first kappa shape index (κ1) is 28.6. The molecule has 1 saturated carbocycles. The third-order valence-electron chi connectivity index (χ3n) is 7.62. The van der Waals surface area contributed by atoms with E-state index < -0.39 is 21.7 Å². The maximum atomic E-state index is 13.3. The summed E-state index contributed by atoms with van der Waals surface area (Å²) in [7, 11) is -2.50. The van der Waals surface area contributed by atoms with E-state index in [0.717, 1.165) is 44.4 Å². The molecule has 2 aromatic heterocycles. The van der Waals surface area contributed by atoms with Gasteiger partial charge >= 0.3 is 6.18 Å². The summed E-state index contributed by atoms with van der Waals surface area (Å²) in [6.45, 7) is 2.20. The first-order chi connectivity index (χ1) is 19.3. The molecule has 1 N–H and O–H groups in total. The molecule has 0 spiro atoms. The van der Waals surface area contributed by atoms with Crippen molar-refractivity contribution < 1.29 is 21.6 Å². The van der Waals surface area contributed by atoms with Gasteiger partial charge in [0.25, 0.3) is 0 Å². The van der Waals surface area contributed by atoms with Crippen LogP contribution in [0.3, 0.4) is 0 Å². The van der Waals surface area contributed by atoms with E-state index in [1.54, 1.807) is 10.9 Å². The van der Waals surface area contributed by atoms with Gasteiger partial charge in [-0.1, -0.05) is 42.5 Å². The lowest BCUT2D eigenvalue weighted by atomic mass is 9.92. The van der Waals surface area contributed by atoms with Crippen LogP contribution in [0.25, 0.3) is 22.3 Å². The lowest BCUT2D eigenvalue weighted by Gasteiger charge is -2.30. The number of nitriles is 1. The van der Waals surface area contributed by atoms with Crippen molar-refractivity contribution in [2.45, 2.75) is 62.3 Å². The minimum atomic E-state index is -4.77. The standard InChI is InChI=1S/C30H30F3N5O2S/c1-29(2,30(31,32)33)36-41(39,40)24-14-12-21(13-15-24)27-26(17-34)25-16-23(37(3)19-20-8-5-4-6-9-20)18-35-28(25)38(27)22-10-7-11-22/h4-6,8-9,12-16,18,22,36H,7,10-11,19H2,1-3H3. The van der Waals surface area contributed by atoms with Gasteiger partial charge in [0.2, 0.25) is 10.0 Å². The van der Waals surface area contributed by atoms with Gasteiger partial charge < -0.3 is 9.47 Å². The fraction of sp³-hybridized carbons (Fsp3) is 0.333. The zero-order valence-corrected chi connectivity index (χ0v) is 23.7. The van der Waals surface area contributed by atoms with E-state index in [1.165, 1.54) is 24.3 Å². The van der Waals surface area contributed by atoms with Crippen LogP contribution < -0.4 is 9.62 Å². The highest BCUT2D eigenvalue weighted by molar-refractivity contribution is 7.89. The Hall–Kier alpha value is -3.88. The summed E-state index contributed by atoms with van der Waals surface area (Å²) in [5.41, 5.74) is 1.62. The molecule has 7 nitrogen and oxygen atoms in total. The summed E-state index contributed by atoms with van der Waals surface area (Å²) in [6, 6.07) is 20.0. The fourth-order valence-electron chi connectivity index (χ4n) is 4.98. The molecule has 0 amide bonds. The van der Waals surface area contributed by atoms with Gasteiger partial charge in [-0.2, -0.15) is 23.2 Å². The molecule has 5 rings (SSSR count). The number of nitrogens with one attached hydrogen (secondary N) is 1. The number of anilines is 1. The highest BCUT2D eigenvalue weighted by Gasteiger charge is 2.49. The van der Waals surface area contributed by atoms with Gasteiger partial charge in [-0.3, -0.25) is 0 Å². The summed E-state index contributed by atoms with van der Waals surface area (Å²) in [4.78, 5) is 6.53. The van der Waals surface area contributed by atoms with E-state index in [4.69, 9.17) is 4.98 Å². The first-order valence-corrected chi connectivity index (χ1v) is 14.7. The number of hydrogen-bond acceptors (Lipinski definition) is 5. The molecule has 1 aliphatic carbocycles. The Balaban J connectivity index is 1.55. The van der Waals surface area contributed by atoms with E-state index >= 15 is 0 Å². The molecular formula is C30H30F3N5O2S. The summed E-state index contributed by atoms with van der Waals surface area (Å²) < 4.78 is 69.4. The smallest absolute Gasteiger partial charge is 0.369 e. The Morgan fingerprint density at radius 3 is 2.32 bits per heavy atom. The molecule has 2 heterocycles. The van der Waals surface area contributed by atoms with Crippen LogP contribution in [0, 0.1) is 11.3 Å². The van der Waals surface area contributed by atoms with Crippen molar-refractivity contribution in [2.24, 2.45) is 0 Å². The number of halogens is 3. The van der Waals surface area contributed by atoms with E-state index in [0.29, 0.717) is 34.4 Å². The number of fused-ring (bicyclic) bond motifs is 1. The lowest BCUT2D eigenvalue weighted by Crippen LogP contribution is -2.54. The second kappa shape index (κ2) is 10.5. The molecule has 0 bridgehead atoms. The predicted octanol–water partition coefficient (Wildman–Crippen LogP) is 6.56. The van der Waals surface area contributed by atoms with Gasteiger partial charge in [0.1, 0.15) is 17.3 Å². The molecule has 0 radical (unpaired) electrons. The molecule has 41 heavy (non-hydrogen) atoms. The average molecular weight is 582 g/mol. The van der Waals surface area contributed by atoms with Gasteiger partial charge in [-0.15, -0.1) is 0 Å². The minimum Gasteiger partial charge on any atom is -0.369 e. The molecule has 4 aromatic rings. The normalized spacial score (nSPS) is 14.6. The number of rotatable bonds is 8. The van der Waals surface area contributed by atoms with Crippen molar-refractivity contribution in [1.82, 2.24) is 14.3 Å². The number of pyridine rings is 1. The summed E-state index contributed by atoms with van der Waals surface area (Å²) in [6.07, 6.45) is -0.104. The third kappa shape index (κ3) is 5.42. The second-order valence-corrected chi connectivity index (χ2v) is 12.6. The molecule has 0 saturated heterocycles. The van der Waals surface area contributed by atoms with Crippen LogP contribution in [-0.4, -0.2) is 36.7 Å². The SMILES string of the molecule is CN(Cc1ccccc1)c1cnc2c(c1)c(C#N)c(-c1ccc(S(=O)(=O)NC(C)(C)C(F)(F)F)cc1)n2C1CCC1. The number of aromatic nitrogens is 2. The minimum absolute atomic E-state index is 0.132. The molecule has 2 aromatic carbocycles. The van der Waals surface area contributed by atoms with E-state index in [-0.39, 0.29) is 10.9 Å². The van der Waals surface area contributed by atoms with Gasteiger partial charge in [-0.25, -0.2) is 13.4 Å². The quantitative estimate of drug-likeness (QED) is 0.255. The Morgan fingerprint density at radius 1 is 1.10 bits per heavy atom. The van der Waals surface area contributed by atoms with E-state index in [1.807, 2.05) is 48.0 Å². The molecular weight excluding hydrogens is 551 g/mol. The van der Waals surface area contributed by atoms with Crippen molar-refractivity contribution in [3.63, 3.8) is 0 Å². The Morgan fingerprint density at radius 2 is 1.76 bits per heavy atom. The first-order valence-electron chi connectivity index (χ1n) is 13.2. The predicted molar refractivity (Wildman–Crippen MR) is 152 cm³/mol. The van der Waals surface area contributed by atoms with Crippen LogP contribution >= 0.6 is 0 Å². The van der Waals surface area contributed by atoms with E-state index in [2.05, 4.69) is 11.0 Å². The Labute approximate surface area is 237 Å². The highest BCUT2D eigenvalue weighted by atomic mass is 32.2. The van der Waals surface area contributed by atoms with Crippen LogP contribution in [-0.2, 0) is 16.6 Å². The van der Waals surface area contributed by atoms with Gasteiger partial charge in [0.05, 0.1) is 28.0 Å². The fourth-order valence-corrected chi connectivity index (χ4v) is 6.38. The number of hydrogen-bond donors (Lipinski definition) is 1. The largest absolute Gasteiger partial charge is 0.407 e. The van der Waals surface area contributed by atoms with Crippen molar-refractivity contribution >= 4 is 26.7 Å². The second-order valence-electron chi connectivity index (χ2n) is 10.9. The average Bonchev–Trinajstić information content (AvgIpc) is 3.20. The van der Waals surface area contributed by atoms with Crippen molar-refractivity contribution in [3.05, 3.63) is 78.0 Å². The zero-order valence-electron chi connectivity index (χ0n) is 22.9. The van der Waals surface area contributed by atoms with Crippen molar-refractivity contribution in [3.8, 4) is 17.3 Å². The molecule has 1 aliphatic rings. The van der Waals surface area contributed by atoms with E-state index in [9.17, 15) is 26.9 Å². The van der Waals surface area contributed by atoms with Crippen LogP contribution in [0.1, 0.15) is 50.3 Å². The Bertz CT molecular complexity index is 1720. The molecule has 214 valence electrons. The number of benzene rings is 2.